The van der Waals surface area contributed by atoms with E-state index < -0.39 is 0 Å². The van der Waals surface area contributed by atoms with E-state index in [2.05, 4.69) is 55.4 Å². The highest BCUT2D eigenvalue weighted by atomic mass is 35.5. The molecule has 0 bridgehead atoms. The van der Waals surface area contributed by atoms with Gasteiger partial charge in [-0.2, -0.15) is 0 Å². The summed E-state index contributed by atoms with van der Waals surface area (Å²) < 4.78 is 0. The molecular formula is C22H25ClN6. The molecule has 0 amide bonds. The van der Waals surface area contributed by atoms with Gasteiger partial charge >= 0.3 is 0 Å². The van der Waals surface area contributed by atoms with Crippen LogP contribution in [0.15, 0.2) is 54.9 Å². The van der Waals surface area contributed by atoms with Crippen LogP contribution in [0.1, 0.15) is 11.1 Å². The Morgan fingerprint density at radius 3 is 2.55 bits per heavy atom. The average Bonchev–Trinajstić information content (AvgIpc) is 2.74. The van der Waals surface area contributed by atoms with E-state index in [9.17, 15) is 0 Å². The lowest BCUT2D eigenvalue weighted by atomic mass is 10.2. The summed E-state index contributed by atoms with van der Waals surface area (Å²) in [5, 5.41) is 3.97. The summed E-state index contributed by atoms with van der Waals surface area (Å²) in [6, 6.07) is 16.3. The van der Waals surface area contributed by atoms with Crippen LogP contribution in [0.2, 0.25) is 5.02 Å². The van der Waals surface area contributed by atoms with Crippen LogP contribution in [0.5, 0.6) is 0 Å². The second-order valence-corrected chi connectivity index (χ2v) is 7.73. The van der Waals surface area contributed by atoms with Gasteiger partial charge in [0.2, 0.25) is 0 Å². The third-order valence-corrected chi connectivity index (χ3v) is 5.47. The fourth-order valence-corrected chi connectivity index (χ4v) is 3.73. The highest BCUT2D eigenvalue weighted by molar-refractivity contribution is 6.30. The maximum absolute atomic E-state index is 6.43. The first-order valence-corrected chi connectivity index (χ1v) is 10.1. The number of nitrogen functional groups attached to an aromatic ring is 1. The minimum atomic E-state index is 0.559. The van der Waals surface area contributed by atoms with Crippen molar-refractivity contribution < 1.29 is 0 Å². The first-order valence-electron chi connectivity index (χ1n) is 9.75. The summed E-state index contributed by atoms with van der Waals surface area (Å²) >= 11 is 6.13. The van der Waals surface area contributed by atoms with Gasteiger partial charge in [-0.1, -0.05) is 48.0 Å². The van der Waals surface area contributed by atoms with Gasteiger partial charge < -0.3 is 16.0 Å². The van der Waals surface area contributed by atoms with Crippen molar-refractivity contribution in [1.29, 1.82) is 0 Å². The van der Waals surface area contributed by atoms with Gasteiger partial charge in [-0.15, -0.1) is 0 Å². The van der Waals surface area contributed by atoms with Crippen molar-refractivity contribution >= 4 is 34.6 Å². The Bertz CT molecular complexity index is 970. The molecule has 29 heavy (non-hydrogen) atoms. The lowest BCUT2D eigenvalue weighted by Gasteiger charge is -2.36. The summed E-state index contributed by atoms with van der Waals surface area (Å²) in [6.07, 6.45) is 1.56. The second kappa shape index (κ2) is 8.68. The van der Waals surface area contributed by atoms with Crippen LogP contribution >= 0.6 is 11.6 Å². The number of aryl methyl sites for hydroxylation is 1. The Morgan fingerprint density at radius 1 is 1.03 bits per heavy atom. The van der Waals surface area contributed by atoms with Gasteiger partial charge in [-0.25, -0.2) is 9.97 Å². The second-order valence-electron chi connectivity index (χ2n) is 7.29. The minimum absolute atomic E-state index is 0.559. The number of nitrogens with one attached hydrogen (secondary N) is 1. The van der Waals surface area contributed by atoms with Gasteiger partial charge in [0.25, 0.3) is 0 Å². The molecule has 0 atom stereocenters. The number of rotatable bonds is 5. The number of anilines is 4. The molecule has 3 N–H and O–H groups in total. The van der Waals surface area contributed by atoms with E-state index in [-0.39, 0.29) is 0 Å². The van der Waals surface area contributed by atoms with Crippen LogP contribution in [0.3, 0.4) is 0 Å². The number of nitrogens with zero attached hydrogens (tertiary/aromatic N) is 4. The molecule has 1 saturated heterocycles. The normalized spacial score (nSPS) is 14.8. The lowest BCUT2D eigenvalue weighted by Crippen LogP contribution is -2.46. The fourth-order valence-electron chi connectivity index (χ4n) is 3.55. The number of benzene rings is 2. The van der Waals surface area contributed by atoms with Crippen molar-refractivity contribution in [2.45, 2.75) is 13.5 Å². The van der Waals surface area contributed by atoms with Gasteiger partial charge in [0.15, 0.2) is 11.6 Å². The highest BCUT2D eigenvalue weighted by Gasteiger charge is 2.21. The molecule has 6 nitrogen and oxygen atoms in total. The molecule has 1 aliphatic rings. The van der Waals surface area contributed by atoms with E-state index in [1.54, 1.807) is 6.33 Å². The predicted molar refractivity (Wildman–Crippen MR) is 120 cm³/mol. The highest BCUT2D eigenvalue weighted by Crippen LogP contribution is 2.31. The largest absolute Gasteiger partial charge is 0.393 e. The van der Waals surface area contributed by atoms with Crippen LogP contribution in [0, 0.1) is 6.92 Å². The van der Waals surface area contributed by atoms with Gasteiger partial charge in [0.05, 0.1) is 0 Å². The molecule has 0 radical (unpaired) electrons. The zero-order valence-corrected chi connectivity index (χ0v) is 17.2. The van der Waals surface area contributed by atoms with E-state index in [0.29, 0.717) is 16.5 Å². The zero-order chi connectivity index (χ0) is 20.2. The number of hydrogen-bond acceptors (Lipinski definition) is 6. The third-order valence-electron chi connectivity index (χ3n) is 5.24. The van der Waals surface area contributed by atoms with Gasteiger partial charge in [-0.3, -0.25) is 4.90 Å². The molecule has 1 fully saturated rings. The van der Waals surface area contributed by atoms with Gasteiger partial charge in [0.1, 0.15) is 12.0 Å². The maximum atomic E-state index is 6.43. The number of nitrogens with two attached hydrogens (primary N) is 1. The quantitative estimate of drug-likeness (QED) is 0.662. The van der Waals surface area contributed by atoms with Gasteiger partial charge in [0, 0.05) is 43.4 Å². The molecule has 0 aliphatic carbocycles. The summed E-state index contributed by atoms with van der Waals surface area (Å²) in [7, 11) is 0. The van der Waals surface area contributed by atoms with Crippen molar-refractivity contribution in [2.75, 3.05) is 42.1 Å². The maximum Gasteiger partial charge on any atom is 0.159 e. The molecule has 1 aromatic heterocycles. The van der Waals surface area contributed by atoms with E-state index in [0.717, 1.165) is 49.8 Å². The molecule has 2 heterocycles. The zero-order valence-electron chi connectivity index (χ0n) is 16.5. The molecule has 2 aromatic carbocycles. The average molecular weight is 409 g/mol. The Kier molecular flexibility index (Phi) is 5.83. The summed E-state index contributed by atoms with van der Waals surface area (Å²) in [6.45, 7) is 6.67. The van der Waals surface area contributed by atoms with Crippen LogP contribution in [-0.4, -0.2) is 41.0 Å². The molecule has 3 aromatic rings. The number of piperazine rings is 1. The summed E-state index contributed by atoms with van der Waals surface area (Å²) in [5.41, 5.74) is 10.3. The van der Waals surface area contributed by atoms with Crippen molar-refractivity contribution in [3.05, 3.63) is 71.0 Å². The minimum Gasteiger partial charge on any atom is -0.393 e. The molecule has 0 saturated carbocycles. The van der Waals surface area contributed by atoms with E-state index in [1.807, 2.05) is 25.1 Å². The molecule has 0 spiro atoms. The number of hydrogen-bond donors (Lipinski definition) is 2. The first-order chi connectivity index (χ1) is 14.1. The van der Waals surface area contributed by atoms with Crippen molar-refractivity contribution in [2.24, 2.45) is 0 Å². The Hall–Kier alpha value is -2.83. The van der Waals surface area contributed by atoms with Crippen molar-refractivity contribution in [1.82, 2.24) is 14.9 Å². The molecular weight excluding hydrogens is 384 g/mol. The fraction of sp³-hybridized carbons (Fsp3) is 0.273. The third kappa shape index (κ3) is 4.60. The molecule has 4 rings (SSSR count). The van der Waals surface area contributed by atoms with Crippen LogP contribution in [0.25, 0.3) is 0 Å². The van der Waals surface area contributed by atoms with Crippen molar-refractivity contribution in [3.63, 3.8) is 0 Å². The molecule has 7 heteroatoms. The van der Waals surface area contributed by atoms with Crippen LogP contribution in [0.4, 0.5) is 23.0 Å². The Morgan fingerprint density at radius 2 is 1.79 bits per heavy atom. The molecule has 1 aliphatic heterocycles. The number of aromatic nitrogens is 2. The topological polar surface area (TPSA) is 70.3 Å². The monoisotopic (exact) mass is 408 g/mol. The standard InChI is InChI=1S/C22H25ClN6/c1-16-7-8-18(23)13-19(16)27-21-20(24)22(26-15-25-21)29-11-9-28(10-12-29)14-17-5-3-2-4-6-17/h2-8,13,15H,9-12,14,24H2,1H3,(H,25,26,27). The molecule has 150 valence electrons. The number of halogens is 1. The Balaban J connectivity index is 1.44. The summed E-state index contributed by atoms with van der Waals surface area (Å²) in [4.78, 5) is 13.5. The predicted octanol–water partition coefficient (Wildman–Crippen LogP) is 4.09. The lowest BCUT2D eigenvalue weighted by molar-refractivity contribution is 0.249. The summed E-state index contributed by atoms with van der Waals surface area (Å²) in [5.74, 6) is 1.38. The van der Waals surface area contributed by atoms with Crippen LogP contribution in [-0.2, 0) is 6.54 Å². The smallest absolute Gasteiger partial charge is 0.159 e. The van der Waals surface area contributed by atoms with Gasteiger partial charge in [-0.05, 0) is 30.2 Å². The van der Waals surface area contributed by atoms with Crippen LogP contribution < -0.4 is 16.0 Å². The van der Waals surface area contributed by atoms with E-state index >= 15 is 0 Å². The van der Waals surface area contributed by atoms with Crippen molar-refractivity contribution in [3.8, 4) is 0 Å². The Labute approximate surface area is 176 Å². The first kappa shape index (κ1) is 19.5. The SMILES string of the molecule is Cc1ccc(Cl)cc1Nc1ncnc(N2CCN(Cc3ccccc3)CC2)c1N. The van der Waals surface area contributed by atoms with E-state index in [4.69, 9.17) is 17.3 Å². The molecule has 0 unspecified atom stereocenters. The van der Waals surface area contributed by atoms with E-state index in [1.165, 1.54) is 5.56 Å².